The van der Waals surface area contributed by atoms with E-state index in [-0.39, 0.29) is 17.7 Å². The third-order valence-corrected chi connectivity index (χ3v) is 3.16. The minimum atomic E-state index is -0.589. The Morgan fingerprint density at radius 2 is 1.90 bits per heavy atom. The van der Waals surface area contributed by atoms with Gasteiger partial charge in [0.15, 0.2) is 0 Å². The van der Waals surface area contributed by atoms with E-state index in [4.69, 9.17) is 0 Å². The van der Waals surface area contributed by atoms with E-state index in [9.17, 15) is 14.4 Å². The van der Waals surface area contributed by atoms with Crippen molar-refractivity contribution in [1.82, 2.24) is 15.5 Å². The second kappa shape index (κ2) is 8.14. The molecule has 1 rings (SSSR count). The molecule has 2 N–H and O–H groups in total. The van der Waals surface area contributed by atoms with Gasteiger partial charge < -0.3 is 15.5 Å². The summed E-state index contributed by atoms with van der Waals surface area (Å²) in [6.07, 6.45) is 4.72. The molecular weight excluding hydrogens is 258 g/mol. The summed E-state index contributed by atoms with van der Waals surface area (Å²) in [5, 5.41) is 5.40. The molecule has 1 aliphatic heterocycles. The van der Waals surface area contributed by atoms with E-state index in [1.807, 2.05) is 0 Å². The predicted molar refractivity (Wildman–Crippen MR) is 75.5 cm³/mol. The van der Waals surface area contributed by atoms with E-state index in [0.717, 1.165) is 12.8 Å². The maximum Gasteiger partial charge on any atom is 0.243 e. The Balaban J connectivity index is 2.15. The number of likely N-dealkylation sites (tertiary alicyclic amines) is 1. The molecule has 0 aromatic rings. The summed E-state index contributed by atoms with van der Waals surface area (Å²) < 4.78 is 0. The van der Waals surface area contributed by atoms with Crippen LogP contribution in [0.2, 0.25) is 0 Å². The number of nitrogens with one attached hydrogen (secondary N) is 2. The van der Waals surface area contributed by atoms with Crippen LogP contribution in [0, 0.1) is 5.92 Å². The zero-order valence-corrected chi connectivity index (χ0v) is 11.6. The Labute approximate surface area is 118 Å². The average Bonchev–Trinajstić information content (AvgIpc) is 2.83. The molecule has 0 radical (unpaired) electrons. The molecule has 3 amide bonds. The van der Waals surface area contributed by atoms with Gasteiger partial charge in [-0.2, -0.15) is 0 Å². The van der Waals surface area contributed by atoms with Gasteiger partial charge in [-0.05, 0) is 31.5 Å². The van der Waals surface area contributed by atoms with Crippen LogP contribution in [-0.4, -0.2) is 42.3 Å². The Kier molecular flexibility index (Phi) is 6.49. The fraction of sp³-hybridized carbons (Fsp3) is 0.500. The maximum absolute atomic E-state index is 11.8. The highest BCUT2D eigenvalue weighted by Crippen LogP contribution is 2.18. The van der Waals surface area contributed by atoms with Crippen LogP contribution < -0.4 is 10.6 Å². The second-order valence-corrected chi connectivity index (χ2v) is 4.55. The highest BCUT2D eigenvalue weighted by atomic mass is 16.2. The van der Waals surface area contributed by atoms with Gasteiger partial charge >= 0.3 is 0 Å². The quantitative estimate of drug-likeness (QED) is 0.378. The molecule has 1 unspecified atom stereocenters. The fourth-order valence-corrected chi connectivity index (χ4v) is 2.00. The molecule has 110 valence electrons. The van der Waals surface area contributed by atoms with Crippen molar-refractivity contribution in [2.75, 3.05) is 19.6 Å². The summed E-state index contributed by atoms with van der Waals surface area (Å²) in [7, 11) is 0. The van der Waals surface area contributed by atoms with Crippen molar-refractivity contribution in [2.45, 2.75) is 19.3 Å². The minimum absolute atomic E-state index is 0.184. The molecule has 6 nitrogen and oxygen atoms in total. The monoisotopic (exact) mass is 279 g/mol. The molecule has 0 aromatic carbocycles. The van der Waals surface area contributed by atoms with Crippen LogP contribution in [0.4, 0.5) is 0 Å². The fourth-order valence-electron chi connectivity index (χ4n) is 2.00. The van der Waals surface area contributed by atoms with Gasteiger partial charge in [-0.15, -0.1) is 0 Å². The standard InChI is InChI=1S/C14H21N3O3/c1-3-12(18)15-8-5-6-9-16-13(19)11-7-10-17(4-2)14(11)20/h3-4,11H,1-2,5-10H2,(H,15,18)(H,16,19). The number of nitrogens with zero attached hydrogens (tertiary/aromatic N) is 1. The lowest BCUT2D eigenvalue weighted by Gasteiger charge is -2.11. The first kappa shape index (κ1) is 15.9. The highest BCUT2D eigenvalue weighted by Gasteiger charge is 2.35. The van der Waals surface area contributed by atoms with Crippen molar-refractivity contribution >= 4 is 17.7 Å². The number of carbonyl (C=O) groups excluding carboxylic acids is 3. The number of carbonyl (C=O) groups is 3. The average molecular weight is 279 g/mol. The predicted octanol–water partition coefficient (Wildman–Crippen LogP) is 0.177. The molecule has 1 aliphatic rings. The lowest BCUT2D eigenvalue weighted by molar-refractivity contribution is -0.136. The zero-order chi connectivity index (χ0) is 15.0. The van der Waals surface area contributed by atoms with Crippen LogP contribution in [0.15, 0.2) is 25.4 Å². The summed E-state index contributed by atoms with van der Waals surface area (Å²) >= 11 is 0. The molecule has 0 spiro atoms. The third kappa shape index (κ3) is 4.53. The molecular formula is C14H21N3O3. The largest absolute Gasteiger partial charge is 0.355 e. The van der Waals surface area contributed by atoms with Crippen molar-refractivity contribution in [3.63, 3.8) is 0 Å². The van der Waals surface area contributed by atoms with Crippen molar-refractivity contribution in [3.8, 4) is 0 Å². The SMILES string of the molecule is C=CC(=O)NCCCCNC(=O)C1CCN(C=C)C1=O. The van der Waals surface area contributed by atoms with E-state index in [1.165, 1.54) is 17.2 Å². The molecule has 20 heavy (non-hydrogen) atoms. The summed E-state index contributed by atoms with van der Waals surface area (Å²) in [4.78, 5) is 35.9. The summed E-state index contributed by atoms with van der Waals surface area (Å²) in [5.41, 5.74) is 0. The molecule has 1 fully saturated rings. The van der Waals surface area contributed by atoms with Gasteiger partial charge in [0.1, 0.15) is 5.92 Å². The van der Waals surface area contributed by atoms with E-state index >= 15 is 0 Å². The highest BCUT2D eigenvalue weighted by molar-refractivity contribution is 6.01. The number of unbranched alkanes of at least 4 members (excludes halogenated alkanes) is 1. The molecule has 0 saturated carbocycles. The lowest BCUT2D eigenvalue weighted by Crippen LogP contribution is -2.36. The number of amides is 3. The number of rotatable bonds is 8. The molecule has 1 heterocycles. The Hall–Kier alpha value is -2.11. The zero-order valence-electron chi connectivity index (χ0n) is 11.6. The van der Waals surface area contributed by atoms with Crippen molar-refractivity contribution in [2.24, 2.45) is 5.92 Å². The van der Waals surface area contributed by atoms with Gasteiger partial charge in [0.25, 0.3) is 0 Å². The Bertz CT molecular complexity index is 406. The van der Waals surface area contributed by atoms with E-state index in [1.54, 1.807) is 0 Å². The Morgan fingerprint density at radius 1 is 1.25 bits per heavy atom. The van der Waals surface area contributed by atoms with E-state index in [2.05, 4.69) is 23.8 Å². The van der Waals surface area contributed by atoms with E-state index < -0.39 is 5.92 Å². The first-order valence-corrected chi connectivity index (χ1v) is 6.71. The lowest BCUT2D eigenvalue weighted by atomic mass is 10.1. The van der Waals surface area contributed by atoms with Crippen LogP contribution in [0.25, 0.3) is 0 Å². The van der Waals surface area contributed by atoms with Crippen LogP contribution in [0.1, 0.15) is 19.3 Å². The second-order valence-electron chi connectivity index (χ2n) is 4.55. The summed E-state index contributed by atoms with van der Waals surface area (Å²) in [5.74, 6) is -1.20. The molecule has 0 aromatic heterocycles. The van der Waals surface area contributed by atoms with Gasteiger partial charge in [0.05, 0.1) is 0 Å². The maximum atomic E-state index is 11.8. The normalized spacial score (nSPS) is 17.7. The summed E-state index contributed by atoms with van der Waals surface area (Å²) in [6.45, 7) is 8.49. The van der Waals surface area contributed by atoms with Gasteiger partial charge in [0.2, 0.25) is 17.7 Å². The van der Waals surface area contributed by atoms with Crippen LogP contribution >= 0.6 is 0 Å². The smallest absolute Gasteiger partial charge is 0.243 e. The van der Waals surface area contributed by atoms with Crippen molar-refractivity contribution < 1.29 is 14.4 Å². The molecule has 1 atom stereocenters. The van der Waals surface area contributed by atoms with Gasteiger partial charge in [0, 0.05) is 19.6 Å². The molecule has 1 saturated heterocycles. The van der Waals surface area contributed by atoms with Crippen LogP contribution in [0.5, 0.6) is 0 Å². The number of hydrogen-bond donors (Lipinski definition) is 2. The van der Waals surface area contributed by atoms with Crippen LogP contribution in [0.3, 0.4) is 0 Å². The third-order valence-electron chi connectivity index (χ3n) is 3.16. The molecule has 0 aliphatic carbocycles. The molecule has 6 heteroatoms. The van der Waals surface area contributed by atoms with Crippen LogP contribution in [-0.2, 0) is 14.4 Å². The summed E-state index contributed by atoms with van der Waals surface area (Å²) in [6, 6.07) is 0. The van der Waals surface area contributed by atoms with Gasteiger partial charge in [-0.3, -0.25) is 14.4 Å². The van der Waals surface area contributed by atoms with Crippen molar-refractivity contribution in [3.05, 3.63) is 25.4 Å². The first-order chi connectivity index (χ1) is 9.60. The van der Waals surface area contributed by atoms with Gasteiger partial charge in [-0.25, -0.2) is 0 Å². The Morgan fingerprint density at radius 3 is 2.45 bits per heavy atom. The minimum Gasteiger partial charge on any atom is -0.355 e. The first-order valence-electron chi connectivity index (χ1n) is 6.71. The topological polar surface area (TPSA) is 78.5 Å². The van der Waals surface area contributed by atoms with Gasteiger partial charge in [-0.1, -0.05) is 13.2 Å². The molecule has 0 bridgehead atoms. The van der Waals surface area contributed by atoms with E-state index in [0.29, 0.717) is 26.1 Å². The van der Waals surface area contributed by atoms with Crippen molar-refractivity contribution in [1.29, 1.82) is 0 Å². The number of hydrogen-bond acceptors (Lipinski definition) is 3.